The minimum absolute atomic E-state index is 0.231. The normalized spacial score (nSPS) is 11.3. The Kier molecular flexibility index (Phi) is 7.69. The van der Waals surface area contributed by atoms with Crippen molar-refractivity contribution < 1.29 is 18.7 Å². The molecule has 0 spiro atoms. The molecule has 0 aliphatic rings. The van der Waals surface area contributed by atoms with Gasteiger partial charge in [-0.1, -0.05) is 17.7 Å². The van der Waals surface area contributed by atoms with Crippen LogP contribution >= 0.6 is 34.3 Å². The van der Waals surface area contributed by atoms with Crippen LogP contribution in [0, 0.1) is 11.3 Å². The fourth-order valence-electron chi connectivity index (χ4n) is 3.58. The third-order valence-electron chi connectivity index (χ3n) is 5.36. The number of nitriles is 1. The van der Waals surface area contributed by atoms with Crippen molar-refractivity contribution in [1.82, 2.24) is 9.97 Å². The summed E-state index contributed by atoms with van der Waals surface area (Å²) in [5.41, 5.74) is 1.49. The fraction of sp³-hybridized carbons (Fsp3) is 0.0741. The maximum atomic E-state index is 12.6. The number of fused-ring (bicyclic) bond motifs is 1. The molecule has 5 aromatic rings. The van der Waals surface area contributed by atoms with Crippen molar-refractivity contribution in [1.29, 1.82) is 5.26 Å². The number of benzene rings is 2. The highest BCUT2D eigenvalue weighted by atomic mass is 35.5. The number of rotatable bonds is 8. The molecular weight excluding hydrogens is 560 g/mol. The molecular formula is C27H17ClN4O5S2. The first-order chi connectivity index (χ1) is 18.9. The largest absolute Gasteiger partial charge is 0.493 e. The molecule has 3 aromatic heterocycles. The third kappa shape index (κ3) is 5.99. The lowest BCUT2D eigenvalue weighted by molar-refractivity contribution is -0.118. The zero-order chi connectivity index (χ0) is 27.4. The summed E-state index contributed by atoms with van der Waals surface area (Å²) in [7, 11) is 1.48. The van der Waals surface area contributed by atoms with Crippen LogP contribution in [-0.2, 0) is 4.79 Å². The monoisotopic (exact) mass is 576 g/mol. The standard InChI is InChI=1S/C27H17ClN4O5S2/c1-35-23-9-15(2-4-22(23)36-13-24(33)32-27-30-6-7-38-27)8-17(12-29)25-31-20(14-39-25)19-11-16-10-18(28)3-5-21(16)37-26(19)34/h2-11,14H,13H2,1H3,(H,30,32,33). The van der Waals surface area contributed by atoms with Crippen LogP contribution in [0.3, 0.4) is 0 Å². The van der Waals surface area contributed by atoms with Gasteiger partial charge in [0.2, 0.25) is 0 Å². The van der Waals surface area contributed by atoms with Crippen molar-refractivity contribution >= 4 is 67.9 Å². The van der Waals surface area contributed by atoms with Gasteiger partial charge in [-0.05, 0) is 48.0 Å². The molecule has 39 heavy (non-hydrogen) atoms. The van der Waals surface area contributed by atoms with Crippen LogP contribution in [-0.4, -0.2) is 29.6 Å². The second-order valence-electron chi connectivity index (χ2n) is 7.92. The van der Waals surface area contributed by atoms with Crippen LogP contribution in [0.25, 0.3) is 33.9 Å². The lowest BCUT2D eigenvalue weighted by Crippen LogP contribution is -2.20. The Balaban J connectivity index is 1.36. The van der Waals surface area contributed by atoms with Gasteiger partial charge in [0.15, 0.2) is 23.2 Å². The number of carbonyl (C=O) groups excluding carboxylic acids is 1. The van der Waals surface area contributed by atoms with Crippen LogP contribution in [0.4, 0.5) is 5.13 Å². The van der Waals surface area contributed by atoms with Crippen molar-refractivity contribution in [3.8, 4) is 28.8 Å². The number of nitrogens with zero attached hydrogens (tertiary/aromatic N) is 3. The molecule has 1 N–H and O–H groups in total. The average molecular weight is 577 g/mol. The number of thiazole rings is 2. The molecule has 0 fully saturated rings. The first-order valence-corrected chi connectivity index (χ1v) is 13.4. The summed E-state index contributed by atoms with van der Waals surface area (Å²) in [6.45, 7) is -0.231. The van der Waals surface area contributed by atoms with E-state index in [1.807, 2.05) is 0 Å². The molecule has 0 saturated heterocycles. The van der Waals surface area contributed by atoms with Gasteiger partial charge in [-0.15, -0.1) is 22.7 Å². The summed E-state index contributed by atoms with van der Waals surface area (Å²) in [5, 5.41) is 18.0. The van der Waals surface area contributed by atoms with Gasteiger partial charge in [-0.3, -0.25) is 10.1 Å². The molecule has 0 unspecified atom stereocenters. The number of anilines is 1. The van der Waals surface area contributed by atoms with Crippen molar-refractivity contribution in [3.05, 3.63) is 85.4 Å². The number of hydrogen-bond acceptors (Lipinski definition) is 10. The molecule has 0 bridgehead atoms. The van der Waals surface area contributed by atoms with Gasteiger partial charge in [0.05, 0.1) is 23.9 Å². The minimum Gasteiger partial charge on any atom is -0.493 e. The number of carbonyl (C=O) groups is 1. The van der Waals surface area contributed by atoms with E-state index in [2.05, 4.69) is 21.4 Å². The summed E-state index contributed by atoms with van der Waals surface area (Å²) in [5.74, 6) is 0.392. The number of allylic oxidation sites excluding steroid dienone is 1. The molecule has 1 amide bonds. The quantitative estimate of drug-likeness (QED) is 0.173. The Labute approximate surface area is 234 Å². The van der Waals surface area contributed by atoms with Crippen LogP contribution in [0.1, 0.15) is 10.6 Å². The second-order valence-corrected chi connectivity index (χ2v) is 10.1. The second kappa shape index (κ2) is 11.5. The lowest BCUT2D eigenvalue weighted by atomic mass is 10.1. The first kappa shape index (κ1) is 26.1. The minimum atomic E-state index is -0.537. The maximum absolute atomic E-state index is 12.6. The molecule has 194 valence electrons. The van der Waals surface area contributed by atoms with E-state index in [0.29, 0.717) is 48.9 Å². The summed E-state index contributed by atoms with van der Waals surface area (Å²) in [6.07, 6.45) is 3.24. The Hall–Kier alpha value is -4.50. The average Bonchev–Trinajstić information content (AvgIpc) is 3.63. The van der Waals surface area contributed by atoms with E-state index in [9.17, 15) is 14.9 Å². The SMILES string of the molecule is COc1cc(C=C(C#N)c2nc(-c3cc4cc(Cl)ccc4oc3=O)cs2)ccc1OCC(=O)Nc1nccs1. The molecule has 0 atom stereocenters. The smallest absolute Gasteiger partial charge is 0.345 e. The van der Waals surface area contributed by atoms with E-state index in [4.69, 9.17) is 25.5 Å². The van der Waals surface area contributed by atoms with Gasteiger partial charge >= 0.3 is 5.63 Å². The molecule has 0 saturated carbocycles. The highest BCUT2D eigenvalue weighted by molar-refractivity contribution is 7.13. The predicted octanol–water partition coefficient (Wildman–Crippen LogP) is 6.12. The number of nitrogens with one attached hydrogen (secondary N) is 1. The lowest BCUT2D eigenvalue weighted by Gasteiger charge is -2.11. The van der Waals surface area contributed by atoms with E-state index < -0.39 is 5.63 Å². The Morgan fingerprint density at radius 1 is 1.21 bits per heavy atom. The van der Waals surface area contributed by atoms with Crippen molar-refractivity contribution in [2.45, 2.75) is 0 Å². The van der Waals surface area contributed by atoms with Crippen molar-refractivity contribution in [2.75, 3.05) is 19.0 Å². The van der Waals surface area contributed by atoms with Gasteiger partial charge in [-0.25, -0.2) is 14.8 Å². The van der Waals surface area contributed by atoms with E-state index >= 15 is 0 Å². The Morgan fingerprint density at radius 2 is 2.08 bits per heavy atom. The number of aromatic nitrogens is 2. The van der Waals surface area contributed by atoms with Gasteiger partial charge in [0.1, 0.15) is 16.7 Å². The molecule has 0 radical (unpaired) electrons. The number of amides is 1. The summed E-state index contributed by atoms with van der Waals surface area (Å²) < 4.78 is 16.4. The number of halogens is 1. The van der Waals surface area contributed by atoms with Gasteiger partial charge in [0, 0.05) is 27.4 Å². The molecule has 5 rings (SSSR count). The van der Waals surface area contributed by atoms with E-state index in [-0.39, 0.29) is 23.7 Å². The van der Waals surface area contributed by atoms with Gasteiger partial charge < -0.3 is 13.9 Å². The Morgan fingerprint density at radius 3 is 2.85 bits per heavy atom. The summed E-state index contributed by atoms with van der Waals surface area (Å²) in [4.78, 5) is 33.2. The summed E-state index contributed by atoms with van der Waals surface area (Å²) >= 11 is 8.60. The molecule has 0 aliphatic carbocycles. The molecule has 0 aliphatic heterocycles. The molecule has 3 heterocycles. The first-order valence-electron chi connectivity index (χ1n) is 11.2. The molecule has 2 aromatic carbocycles. The maximum Gasteiger partial charge on any atom is 0.345 e. The van der Waals surface area contributed by atoms with E-state index in [1.165, 1.54) is 29.8 Å². The number of methoxy groups -OCH3 is 1. The highest BCUT2D eigenvalue weighted by Crippen LogP contribution is 2.32. The van der Waals surface area contributed by atoms with Crippen molar-refractivity contribution in [2.24, 2.45) is 0 Å². The molecule has 9 nitrogen and oxygen atoms in total. The van der Waals surface area contributed by atoms with E-state index in [1.54, 1.807) is 65.5 Å². The van der Waals surface area contributed by atoms with Crippen LogP contribution in [0.15, 0.2) is 68.6 Å². The van der Waals surface area contributed by atoms with Gasteiger partial charge in [-0.2, -0.15) is 5.26 Å². The van der Waals surface area contributed by atoms with E-state index in [0.717, 1.165) is 0 Å². The predicted molar refractivity (Wildman–Crippen MR) is 151 cm³/mol. The molecule has 12 heteroatoms. The Bertz CT molecular complexity index is 1810. The van der Waals surface area contributed by atoms with Crippen molar-refractivity contribution in [3.63, 3.8) is 0 Å². The highest BCUT2D eigenvalue weighted by Gasteiger charge is 2.15. The zero-order valence-electron chi connectivity index (χ0n) is 20.1. The number of ether oxygens (including phenoxy) is 2. The van der Waals surface area contributed by atoms with Crippen LogP contribution < -0.4 is 20.4 Å². The zero-order valence-corrected chi connectivity index (χ0v) is 22.5. The fourth-order valence-corrected chi connectivity index (χ4v) is 5.09. The third-order valence-corrected chi connectivity index (χ3v) is 7.16. The number of hydrogen-bond donors (Lipinski definition) is 1. The van der Waals surface area contributed by atoms with Gasteiger partial charge in [0.25, 0.3) is 5.91 Å². The van der Waals surface area contributed by atoms with Crippen LogP contribution in [0.5, 0.6) is 11.5 Å². The van der Waals surface area contributed by atoms with Crippen LogP contribution in [0.2, 0.25) is 5.02 Å². The summed E-state index contributed by atoms with van der Waals surface area (Å²) in [6, 6.07) is 13.9. The topological polar surface area (TPSA) is 127 Å².